The Hall–Kier alpha value is -2.53. The van der Waals surface area contributed by atoms with Gasteiger partial charge in [0.1, 0.15) is 5.75 Å². The Bertz CT molecular complexity index is 1000. The monoisotopic (exact) mass is 463 g/mol. The number of aromatic nitrogens is 1. The number of ether oxygens (including phenoxy) is 2. The zero-order valence-corrected chi connectivity index (χ0v) is 19.0. The second-order valence-electron chi connectivity index (χ2n) is 7.86. The van der Waals surface area contributed by atoms with Crippen molar-refractivity contribution in [3.63, 3.8) is 0 Å². The Morgan fingerprint density at radius 1 is 1.16 bits per heavy atom. The van der Waals surface area contributed by atoms with Crippen molar-refractivity contribution in [1.29, 1.82) is 0 Å². The van der Waals surface area contributed by atoms with Crippen LogP contribution in [0, 0.1) is 5.92 Å². The number of sulfone groups is 1. The molecule has 0 atom stereocenters. The maximum atomic E-state index is 12.9. The third-order valence-electron chi connectivity index (χ3n) is 5.63. The van der Waals surface area contributed by atoms with Crippen molar-refractivity contribution < 1.29 is 27.9 Å². The second-order valence-corrected chi connectivity index (χ2v) is 9.75. The number of carbonyl (C=O) groups excluding carboxylic acids is 1. The van der Waals surface area contributed by atoms with E-state index in [1.54, 1.807) is 25.3 Å². The summed E-state index contributed by atoms with van der Waals surface area (Å²) >= 11 is 0. The molecule has 2 N–H and O–H groups in total. The number of benzene rings is 1. The summed E-state index contributed by atoms with van der Waals surface area (Å²) in [6, 6.07) is 8.96. The van der Waals surface area contributed by atoms with Gasteiger partial charge < -0.3 is 9.47 Å². The van der Waals surface area contributed by atoms with E-state index < -0.39 is 9.84 Å². The second kappa shape index (κ2) is 10.9. The minimum atomic E-state index is -3.84. The van der Waals surface area contributed by atoms with E-state index >= 15 is 0 Å². The van der Waals surface area contributed by atoms with Crippen LogP contribution in [-0.2, 0) is 25.9 Å². The highest BCUT2D eigenvalue weighted by molar-refractivity contribution is 7.91. The first kappa shape index (κ1) is 24.1. The van der Waals surface area contributed by atoms with Gasteiger partial charge in [-0.05, 0) is 73.6 Å². The minimum absolute atomic E-state index is 0.0836. The molecule has 0 saturated heterocycles. The number of amides is 1. The molecule has 1 fully saturated rings. The quantitative estimate of drug-likeness (QED) is 0.545. The third-order valence-corrected chi connectivity index (χ3v) is 7.30. The fraction of sp³-hybridized carbons (Fsp3) is 0.455. The Balaban J connectivity index is 1.58. The number of nitrogens with zero attached hydrogens (tertiary/aromatic N) is 2. The van der Waals surface area contributed by atoms with Gasteiger partial charge in [-0.3, -0.25) is 15.4 Å². The molecule has 1 amide bonds. The lowest BCUT2D eigenvalue weighted by Crippen LogP contribution is -2.40. The highest BCUT2D eigenvalue weighted by Crippen LogP contribution is 2.28. The molecule has 1 aliphatic rings. The standard InChI is InChI=1S/C22H29N3O6S/c1-30-18-5-3-16(4-6-18)13-21(26)24-25(27)15-17-11-12-23-22(14-17)32(28,29)20-9-7-19(31-2)8-10-20/h7-12,14,16,18,27H,3-6,13,15H2,1-2H3,(H,24,26). The first-order valence-corrected chi connectivity index (χ1v) is 11.9. The predicted octanol–water partition coefficient (Wildman–Crippen LogP) is 2.74. The van der Waals surface area contributed by atoms with Gasteiger partial charge in [0.2, 0.25) is 15.7 Å². The predicted molar refractivity (Wildman–Crippen MR) is 116 cm³/mol. The first-order valence-electron chi connectivity index (χ1n) is 10.4. The van der Waals surface area contributed by atoms with E-state index in [9.17, 15) is 18.4 Å². The van der Waals surface area contributed by atoms with Crippen molar-refractivity contribution in [2.75, 3.05) is 14.2 Å². The van der Waals surface area contributed by atoms with Crippen LogP contribution in [-0.4, -0.2) is 50.0 Å². The largest absolute Gasteiger partial charge is 0.497 e. The van der Waals surface area contributed by atoms with E-state index in [1.165, 1.54) is 31.5 Å². The lowest BCUT2D eigenvalue weighted by atomic mass is 9.85. The van der Waals surface area contributed by atoms with E-state index in [4.69, 9.17) is 9.47 Å². The normalized spacial score (nSPS) is 19.0. The molecule has 0 bridgehead atoms. The van der Waals surface area contributed by atoms with E-state index in [0.29, 0.717) is 22.9 Å². The average Bonchev–Trinajstić information content (AvgIpc) is 2.79. The van der Waals surface area contributed by atoms with Crippen molar-refractivity contribution in [3.8, 4) is 5.75 Å². The topological polar surface area (TPSA) is 118 Å². The van der Waals surface area contributed by atoms with Crippen molar-refractivity contribution >= 4 is 15.7 Å². The molecule has 1 aliphatic carbocycles. The van der Waals surface area contributed by atoms with Gasteiger partial charge in [0.05, 0.1) is 24.7 Å². The molecule has 0 radical (unpaired) electrons. The zero-order valence-electron chi connectivity index (χ0n) is 18.2. The molecule has 10 heteroatoms. The summed E-state index contributed by atoms with van der Waals surface area (Å²) in [7, 11) is -0.633. The highest BCUT2D eigenvalue weighted by atomic mass is 32.2. The van der Waals surface area contributed by atoms with E-state index in [-0.39, 0.29) is 34.4 Å². The number of carbonyl (C=O) groups is 1. The molecule has 32 heavy (non-hydrogen) atoms. The lowest BCUT2D eigenvalue weighted by Gasteiger charge is -2.27. The Kier molecular flexibility index (Phi) is 8.19. The summed E-state index contributed by atoms with van der Waals surface area (Å²) in [6.07, 6.45) is 5.62. The van der Waals surface area contributed by atoms with Crippen molar-refractivity contribution in [3.05, 3.63) is 48.2 Å². The van der Waals surface area contributed by atoms with Gasteiger partial charge >= 0.3 is 0 Å². The molecule has 9 nitrogen and oxygen atoms in total. The Morgan fingerprint density at radius 3 is 2.47 bits per heavy atom. The molecule has 1 saturated carbocycles. The van der Waals surface area contributed by atoms with Crippen LogP contribution in [0.5, 0.6) is 5.75 Å². The first-order chi connectivity index (χ1) is 15.3. The molecular weight excluding hydrogens is 434 g/mol. The Morgan fingerprint density at radius 2 is 1.84 bits per heavy atom. The summed E-state index contributed by atoms with van der Waals surface area (Å²) in [4.78, 5) is 16.3. The molecule has 0 spiro atoms. The van der Waals surface area contributed by atoms with Crippen molar-refractivity contribution in [1.82, 2.24) is 15.6 Å². The van der Waals surface area contributed by atoms with Gasteiger partial charge in [-0.1, -0.05) is 5.17 Å². The SMILES string of the molecule is COc1ccc(S(=O)(=O)c2cc(CN(O)NC(=O)CC3CCC(OC)CC3)ccn2)cc1. The summed E-state index contributed by atoms with van der Waals surface area (Å²) in [5.41, 5.74) is 2.92. The number of hydrogen-bond acceptors (Lipinski definition) is 8. The number of nitrogens with one attached hydrogen (secondary N) is 1. The number of rotatable bonds is 9. The third kappa shape index (κ3) is 6.26. The molecular formula is C22H29N3O6S. The van der Waals surface area contributed by atoms with Crippen LogP contribution in [0.15, 0.2) is 52.5 Å². The maximum Gasteiger partial charge on any atom is 0.236 e. The van der Waals surface area contributed by atoms with Crippen LogP contribution in [0.2, 0.25) is 0 Å². The fourth-order valence-corrected chi connectivity index (χ4v) is 5.05. The maximum absolute atomic E-state index is 12.9. The van der Waals surface area contributed by atoms with Crippen LogP contribution in [0.1, 0.15) is 37.7 Å². The van der Waals surface area contributed by atoms with Crippen LogP contribution in [0.3, 0.4) is 0 Å². The van der Waals surface area contributed by atoms with Crippen molar-refractivity contribution in [2.45, 2.75) is 54.7 Å². The van der Waals surface area contributed by atoms with Gasteiger partial charge in [-0.2, -0.15) is 0 Å². The smallest absolute Gasteiger partial charge is 0.236 e. The number of hydrogen-bond donors (Lipinski definition) is 2. The lowest BCUT2D eigenvalue weighted by molar-refractivity contribution is -0.166. The van der Waals surface area contributed by atoms with Gasteiger partial charge in [0.25, 0.3) is 0 Å². The molecule has 174 valence electrons. The van der Waals surface area contributed by atoms with E-state index in [1.807, 2.05) is 0 Å². The summed E-state index contributed by atoms with van der Waals surface area (Å²) < 4.78 is 36.1. The van der Waals surface area contributed by atoms with Crippen LogP contribution in [0.4, 0.5) is 0 Å². The summed E-state index contributed by atoms with van der Waals surface area (Å²) in [5.74, 6) is 0.523. The Labute approximate surface area is 188 Å². The van der Waals surface area contributed by atoms with Gasteiger partial charge in [0.15, 0.2) is 5.03 Å². The molecule has 1 aromatic heterocycles. The van der Waals surface area contributed by atoms with E-state index in [0.717, 1.165) is 25.7 Å². The van der Waals surface area contributed by atoms with E-state index in [2.05, 4.69) is 10.4 Å². The number of hydrazine groups is 1. The molecule has 1 aromatic carbocycles. The fourth-order valence-electron chi connectivity index (χ4n) is 3.81. The van der Waals surface area contributed by atoms with Gasteiger partial charge in [-0.15, -0.1) is 0 Å². The summed E-state index contributed by atoms with van der Waals surface area (Å²) in [5, 5.41) is 10.7. The minimum Gasteiger partial charge on any atom is -0.497 e. The average molecular weight is 464 g/mol. The summed E-state index contributed by atoms with van der Waals surface area (Å²) in [6.45, 7) is -0.0875. The molecule has 3 rings (SSSR count). The van der Waals surface area contributed by atoms with Crippen LogP contribution in [0.25, 0.3) is 0 Å². The number of methoxy groups -OCH3 is 2. The molecule has 0 aliphatic heterocycles. The zero-order chi connectivity index (χ0) is 23.1. The van der Waals surface area contributed by atoms with Crippen molar-refractivity contribution in [2.24, 2.45) is 5.92 Å². The van der Waals surface area contributed by atoms with Gasteiger partial charge in [0, 0.05) is 19.7 Å². The van der Waals surface area contributed by atoms with Crippen LogP contribution >= 0.6 is 0 Å². The van der Waals surface area contributed by atoms with Crippen LogP contribution < -0.4 is 10.2 Å². The molecule has 1 heterocycles. The molecule has 2 aromatic rings. The highest BCUT2D eigenvalue weighted by Gasteiger charge is 2.24. The molecule has 0 unspecified atom stereocenters. The number of hydroxylamine groups is 1. The van der Waals surface area contributed by atoms with Gasteiger partial charge in [-0.25, -0.2) is 13.4 Å². The number of pyridine rings is 1.